The summed E-state index contributed by atoms with van der Waals surface area (Å²) in [5.41, 5.74) is -0.469. The number of para-hydroxylation sites is 2. The summed E-state index contributed by atoms with van der Waals surface area (Å²) in [6, 6.07) is 10.2. The normalized spacial score (nSPS) is 14.5. The average molecular weight is 493 g/mol. The molecule has 3 rings (SSSR count). The van der Waals surface area contributed by atoms with E-state index >= 15 is 0 Å². The van der Waals surface area contributed by atoms with Crippen molar-refractivity contribution in [2.45, 2.75) is 31.3 Å². The van der Waals surface area contributed by atoms with Gasteiger partial charge in [-0.1, -0.05) is 12.1 Å². The minimum atomic E-state index is -4.22. The van der Waals surface area contributed by atoms with Crippen LogP contribution in [0, 0.1) is 10.1 Å². The second-order valence-electron chi connectivity index (χ2n) is 8.67. The summed E-state index contributed by atoms with van der Waals surface area (Å²) in [5.74, 6) is 0.309. The highest BCUT2D eigenvalue weighted by molar-refractivity contribution is 7.93. The van der Waals surface area contributed by atoms with Crippen LogP contribution in [0.3, 0.4) is 0 Å². The molecule has 0 atom stereocenters. The number of hydrogen-bond acceptors (Lipinski definition) is 8. The van der Waals surface area contributed by atoms with Crippen LogP contribution in [0.1, 0.15) is 20.8 Å². The lowest BCUT2D eigenvalue weighted by Crippen LogP contribution is -2.50. The molecule has 1 saturated heterocycles. The number of nitro groups is 1. The van der Waals surface area contributed by atoms with Crippen LogP contribution in [0.4, 0.5) is 21.9 Å². The molecule has 1 fully saturated rings. The summed E-state index contributed by atoms with van der Waals surface area (Å²) >= 11 is 0. The van der Waals surface area contributed by atoms with E-state index in [0.29, 0.717) is 37.6 Å². The maximum absolute atomic E-state index is 13.3. The maximum atomic E-state index is 13.3. The molecule has 184 valence electrons. The van der Waals surface area contributed by atoms with Gasteiger partial charge in [0.25, 0.3) is 15.7 Å². The van der Waals surface area contributed by atoms with Gasteiger partial charge in [-0.3, -0.25) is 14.8 Å². The first-order chi connectivity index (χ1) is 15.9. The van der Waals surface area contributed by atoms with E-state index in [1.165, 1.54) is 25.3 Å². The van der Waals surface area contributed by atoms with Crippen molar-refractivity contribution in [3.05, 3.63) is 52.6 Å². The number of benzene rings is 2. The second kappa shape index (κ2) is 9.75. The number of rotatable bonds is 6. The molecule has 0 spiro atoms. The number of nitro benzene ring substituents is 1. The van der Waals surface area contributed by atoms with Gasteiger partial charge in [0.2, 0.25) is 0 Å². The molecule has 0 bridgehead atoms. The monoisotopic (exact) mass is 492 g/mol. The van der Waals surface area contributed by atoms with Crippen molar-refractivity contribution < 1.29 is 27.6 Å². The van der Waals surface area contributed by atoms with Gasteiger partial charge in [-0.15, -0.1) is 0 Å². The molecule has 0 saturated carbocycles. The molecule has 0 radical (unpaired) electrons. The van der Waals surface area contributed by atoms with Crippen molar-refractivity contribution in [2.24, 2.45) is 0 Å². The Bertz CT molecular complexity index is 1170. The number of non-ortho nitro benzene ring substituents is 1. The summed E-state index contributed by atoms with van der Waals surface area (Å²) in [6.45, 7) is 6.62. The lowest BCUT2D eigenvalue weighted by molar-refractivity contribution is -0.385. The molecule has 34 heavy (non-hydrogen) atoms. The van der Waals surface area contributed by atoms with Crippen LogP contribution in [0.15, 0.2) is 47.4 Å². The van der Waals surface area contributed by atoms with Crippen LogP contribution < -0.4 is 14.4 Å². The summed E-state index contributed by atoms with van der Waals surface area (Å²) in [5, 5.41) is 11.4. The third kappa shape index (κ3) is 5.87. The van der Waals surface area contributed by atoms with Crippen molar-refractivity contribution in [1.82, 2.24) is 4.90 Å². The first kappa shape index (κ1) is 25.1. The van der Waals surface area contributed by atoms with Gasteiger partial charge in [0.05, 0.1) is 23.4 Å². The molecule has 1 aliphatic heterocycles. The summed E-state index contributed by atoms with van der Waals surface area (Å²) in [7, 11) is -2.80. The van der Waals surface area contributed by atoms with Crippen molar-refractivity contribution in [3.8, 4) is 5.75 Å². The van der Waals surface area contributed by atoms with E-state index in [1.807, 2.05) is 0 Å². The first-order valence-corrected chi connectivity index (χ1v) is 12.1. The van der Waals surface area contributed by atoms with Crippen molar-refractivity contribution in [1.29, 1.82) is 0 Å². The zero-order chi connectivity index (χ0) is 25.1. The van der Waals surface area contributed by atoms with E-state index in [1.54, 1.807) is 48.8 Å². The number of carbonyl (C=O) groups excluding carboxylic acids is 1. The molecule has 12 heteroatoms. The number of amides is 1. The quantitative estimate of drug-likeness (QED) is 0.479. The standard InChI is InChI=1S/C22H28N4O7S/c1-22(2,3)33-21(27)25-13-11-24(12-14-25)18-10-9-16(26(28)29)15-20(18)34(30,31)23-17-7-5-6-8-19(17)32-4/h5-10,15,23H,11-14H2,1-4H3. The van der Waals surface area contributed by atoms with Gasteiger partial charge < -0.3 is 19.3 Å². The Labute approximate surface area is 198 Å². The molecule has 2 aromatic rings. The summed E-state index contributed by atoms with van der Waals surface area (Å²) in [6.07, 6.45) is -0.443. The number of hydrogen-bond donors (Lipinski definition) is 1. The Hall–Kier alpha value is -3.54. The zero-order valence-electron chi connectivity index (χ0n) is 19.5. The van der Waals surface area contributed by atoms with E-state index < -0.39 is 26.6 Å². The number of carbonyl (C=O) groups is 1. The predicted molar refractivity (Wildman–Crippen MR) is 127 cm³/mol. The smallest absolute Gasteiger partial charge is 0.410 e. The van der Waals surface area contributed by atoms with E-state index in [4.69, 9.17) is 9.47 Å². The lowest BCUT2D eigenvalue weighted by Gasteiger charge is -2.37. The number of methoxy groups -OCH3 is 1. The molecule has 0 unspecified atom stereocenters. The van der Waals surface area contributed by atoms with Crippen molar-refractivity contribution in [3.63, 3.8) is 0 Å². The molecule has 2 aromatic carbocycles. The topological polar surface area (TPSA) is 131 Å². The van der Waals surface area contributed by atoms with Crippen LogP contribution in [-0.4, -0.2) is 63.2 Å². The average Bonchev–Trinajstić information content (AvgIpc) is 2.77. The molecule has 1 aliphatic rings. The number of piperazine rings is 1. The molecule has 0 aromatic heterocycles. The minimum Gasteiger partial charge on any atom is -0.495 e. The van der Waals surface area contributed by atoms with Crippen LogP contribution >= 0.6 is 0 Å². The van der Waals surface area contributed by atoms with Gasteiger partial charge in [-0.05, 0) is 39.0 Å². The highest BCUT2D eigenvalue weighted by Gasteiger charge is 2.30. The Kier molecular flexibility index (Phi) is 7.20. The minimum absolute atomic E-state index is 0.206. The molecule has 1 amide bonds. The SMILES string of the molecule is COc1ccccc1NS(=O)(=O)c1cc([N+](=O)[O-])ccc1N1CCN(C(=O)OC(C)(C)C)CC1. The number of nitrogens with one attached hydrogen (secondary N) is 1. The third-order valence-corrected chi connectivity index (χ3v) is 6.46. The van der Waals surface area contributed by atoms with Gasteiger partial charge in [-0.25, -0.2) is 13.2 Å². The molecular weight excluding hydrogens is 464 g/mol. The van der Waals surface area contributed by atoms with Gasteiger partial charge in [0, 0.05) is 38.3 Å². The Morgan fingerprint density at radius 2 is 1.74 bits per heavy atom. The summed E-state index contributed by atoms with van der Waals surface area (Å²) < 4.78 is 39.8. The van der Waals surface area contributed by atoms with Gasteiger partial charge in [0.15, 0.2) is 0 Å². The van der Waals surface area contributed by atoms with E-state index in [9.17, 15) is 23.3 Å². The second-order valence-corrected chi connectivity index (χ2v) is 10.3. The lowest BCUT2D eigenvalue weighted by atomic mass is 10.2. The zero-order valence-corrected chi connectivity index (χ0v) is 20.3. The Morgan fingerprint density at radius 3 is 2.32 bits per heavy atom. The molecule has 1 heterocycles. The van der Waals surface area contributed by atoms with Gasteiger partial charge in [0.1, 0.15) is 16.2 Å². The van der Waals surface area contributed by atoms with Crippen LogP contribution in [0.5, 0.6) is 5.75 Å². The molecule has 11 nitrogen and oxygen atoms in total. The molecule has 0 aliphatic carbocycles. The van der Waals surface area contributed by atoms with Crippen LogP contribution in [0.2, 0.25) is 0 Å². The first-order valence-electron chi connectivity index (χ1n) is 10.6. The number of anilines is 2. The number of nitrogens with zero attached hydrogens (tertiary/aromatic N) is 3. The fourth-order valence-electron chi connectivity index (χ4n) is 3.48. The van der Waals surface area contributed by atoms with Crippen molar-refractivity contribution in [2.75, 3.05) is 42.9 Å². The van der Waals surface area contributed by atoms with Gasteiger partial charge in [-0.2, -0.15) is 0 Å². The van der Waals surface area contributed by atoms with E-state index in [-0.39, 0.29) is 16.3 Å². The maximum Gasteiger partial charge on any atom is 0.410 e. The highest BCUT2D eigenvalue weighted by Crippen LogP contribution is 2.33. The van der Waals surface area contributed by atoms with Crippen LogP contribution in [-0.2, 0) is 14.8 Å². The van der Waals surface area contributed by atoms with Gasteiger partial charge >= 0.3 is 6.09 Å². The largest absolute Gasteiger partial charge is 0.495 e. The summed E-state index contributed by atoms with van der Waals surface area (Å²) in [4.78, 5) is 26.2. The van der Waals surface area contributed by atoms with E-state index in [2.05, 4.69) is 4.72 Å². The third-order valence-electron chi connectivity index (χ3n) is 5.07. The predicted octanol–water partition coefficient (Wildman–Crippen LogP) is 3.46. The fourth-order valence-corrected chi connectivity index (χ4v) is 4.79. The van der Waals surface area contributed by atoms with Crippen molar-refractivity contribution >= 4 is 33.2 Å². The Morgan fingerprint density at radius 1 is 1.09 bits per heavy atom. The Balaban J connectivity index is 1.90. The highest BCUT2D eigenvalue weighted by atomic mass is 32.2. The molecular formula is C22H28N4O7S. The number of sulfonamides is 1. The molecule has 1 N–H and O–H groups in total. The van der Waals surface area contributed by atoms with Crippen LogP contribution in [0.25, 0.3) is 0 Å². The number of ether oxygens (including phenoxy) is 2. The van der Waals surface area contributed by atoms with E-state index in [0.717, 1.165) is 6.07 Å². The fraction of sp³-hybridized carbons (Fsp3) is 0.409.